The van der Waals surface area contributed by atoms with Crippen molar-refractivity contribution in [2.45, 2.75) is 57.8 Å². The Bertz CT molecular complexity index is 856. The van der Waals surface area contributed by atoms with Crippen molar-refractivity contribution in [1.29, 1.82) is 0 Å². The molecule has 0 bridgehead atoms. The Hall–Kier alpha value is -2.62. The van der Waals surface area contributed by atoms with E-state index in [0.29, 0.717) is 12.0 Å². The van der Waals surface area contributed by atoms with E-state index < -0.39 is 0 Å². The second-order valence-electron chi connectivity index (χ2n) is 8.36. The Kier molecular flexibility index (Phi) is 6.28. The highest BCUT2D eigenvalue weighted by Gasteiger charge is 2.24. The third-order valence-corrected chi connectivity index (χ3v) is 6.25. The van der Waals surface area contributed by atoms with Crippen molar-refractivity contribution < 1.29 is 9.59 Å². The van der Waals surface area contributed by atoms with Gasteiger partial charge in [-0.05, 0) is 61.1 Å². The van der Waals surface area contributed by atoms with E-state index in [0.717, 1.165) is 48.7 Å². The predicted molar refractivity (Wildman–Crippen MR) is 117 cm³/mol. The highest BCUT2D eigenvalue weighted by atomic mass is 16.2. The van der Waals surface area contributed by atoms with Crippen molar-refractivity contribution in [2.75, 3.05) is 16.8 Å². The number of nitrogens with zero attached hydrogens (tertiary/aromatic N) is 1. The molecule has 0 saturated heterocycles. The second kappa shape index (κ2) is 9.25. The number of nitrogens with one attached hydrogen (secondary N) is 1. The molecule has 2 aliphatic rings. The zero-order chi connectivity index (χ0) is 20.1. The van der Waals surface area contributed by atoms with Crippen molar-refractivity contribution in [2.24, 2.45) is 5.92 Å². The molecule has 1 aliphatic heterocycles. The largest absolute Gasteiger partial charge is 0.326 e. The number of aryl methyl sites for hydroxylation is 1. The van der Waals surface area contributed by atoms with Crippen LogP contribution in [0.15, 0.2) is 48.5 Å². The van der Waals surface area contributed by atoms with Crippen LogP contribution in [0, 0.1) is 5.92 Å². The number of benzene rings is 2. The topological polar surface area (TPSA) is 49.4 Å². The summed E-state index contributed by atoms with van der Waals surface area (Å²) in [4.78, 5) is 27.2. The fourth-order valence-corrected chi connectivity index (χ4v) is 4.66. The van der Waals surface area contributed by atoms with E-state index in [9.17, 15) is 9.59 Å². The third-order valence-electron chi connectivity index (χ3n) is 6.25. The van der Waals surface area contributed by atoms with Crippen LogP contribution in [0.25, 0.3) is 0 Å². The zero-order valence-electron chi connectivity index (χ0n) is 17.0. The first-order valence-electron chi connectivity index (χ1n) is 11.0. The molecule has 0 aromatic heterocycles. The second-order valence-corrected chi connectivity index (χ2v) is 8.36. The van der Waals surface area contributed by atoms with Crippen molar-refractivity contribution in [3.8, 4) is 0 Å². The van der Waals surface area contributed by atoms with E-state index in [1.54, 1.807) is 0 Å². The van der Waals surface area contributed by atoms with Gasteiger partial charge < -0.3 is 10.2 Å². The Balaban J connectivity index is 1.40. The molecule has 1 N–H and O–H groups in total. The molecule has 2 aromatic carbocycles. The lowest BCUT2D eigenvalue weighted by Gasteiger charge is -2.30. The Morgan fingerprint density at radius 2 is 1.76 bits per heavy atom. The lowest BCUT2D eigenvalue weighted by atomic mass is 9.86. The van der Waals surface area contributed by atoms with Gasteiger partial charge in [0.15, 0.2) is 0 Å². The van der Waals surface area contributed by atoms with Gasteiger partial charge in [0.2, 0.25) is 5.91 Å². The van der Waals surface area contributed by atoms with E-state index in [2.05, 4.69) is 5.32 Å². The first-order chi connectivity index (χ1) is 14.2. The zero-order valence-corrected chi connectivity index (χ0v) is 17.0. The highest BCUT2D eigenvalue weighted by molar-refractivity contribution is 6.07. The van der Waals surface area contributed by atoms with Gasteiger partial charge >= 0.3 is 0 Å². The Morgan fingerprint density at radius 3 is 2.55 bits per heavy atom. The van der Waals surface area contributed by atoms with Gasteiger partial charge in [-0.1, -0.05) is 50.3 Å². The number of rotatable bonds is 5. The number of fused-ring (bicyclic) bond motifs is 1. The fourth-order valence-electron chi connectivity index (χ4n) is 4.66. The summed E-state index contributed by atoms with van der Waals surface area (Å²) in [5.41, 5.74) is 3.64. The summed E-state index contributed by atoms with van der Waals surface area (Å²) in [6, 6.07) is 15.4. The molecular formula is C25H30N2O2. The van der Waals surface area contributed by atoms with Crippen LogP contribution in [0.5, 0.6) is 0 Å². The van der Waals surface area contributed by atoms with E-state index in [4.69, 9.17) is 0 Å². The number of anilines is 2. The van der Waals surface area contributed by atoms with Crippen molar-refractivity contribution >= 4 is 23.2 Å². The minimum atomic E-state index is 0.0378. The summed E-state index contributed by atoms with van der Waals surface area (Å²) in [5, 5.41) is 3.06. The van der Waals surface area contributed by atoms with E-state index in [1.807, 2.05) is 53.4 Å². The van der Waals surface area contributed by atoms with Gasteiger partial charge in [-0.2, -0.15) is 0 Å². The summed E-state index contributed by atoms with van der Waals surface area (Å²) in [6.07, 6.45) is 9.99. The molecule has 2 amide bonds. The molecule has 4 rings (SSSR count). The van der Waals surface area contributed by atoms with E-state index >= 15 is 0 Å². The Labute approximate surface area is 173 Å². The van der Waals surface area contributed by atoms with Gasteiger partial charge in [0.05, 0.1) is 0 Å². The van der Waals surface area contributed by atoms with Gasteiger partial charge in [-0.3, -0.25) is 9.59 Å². The smallest absolute Gasteiger partial charge is 0.258 e. The number of carbonyl (C=O) groups excluding carboxylic acids is 2. The van der Waals surface area contributed by atoms with Gasteiger partial charge in [0, 0.05) is 29.9 Å². The van der Waals surface area contributed by atoms with Crippen LogP contribution in [0.2, 0.25) is 0 Å². The molecule has 152 valence electrons. The SMILES string of the molecule is O=C(CCC1CCCCC1)Nc1ccc2c(c1)CCCN2C(=O)c1ccccc1. The quantitative estimate of drug-likeness (QED) is 0.725. The molecule has 0 radical (unpaired) electrons. The van der Waals surface area contributed by atoms with Crippen LogP contribution in [-0.2, 0) is 11.2 Å². The standard InChI is InChI=1S/C25H30N2O2/c28-24(16-13-19-8-3-1-4-9-19)26-22-14-15-23-21(18-22)12-7-17-27(23)25(29)20-10-5-2-6-11-20/h2,5-6,10-11,14-15,18-19H,1,3-4,7-9,12-13,16-17H2,(H,26,28). The van der Waals surface area contributed by atoms with Crippen LogP contribution in [0.1, 0.15) is 67.3 Å². The maximum absolute atomic E-state index is 12.9. The molecule has 0 spiro atoms. The molecule has 4 heteroatoms. The van der Waals surface area contributed by atoms with Crippen LogP contribution in [0.4, 0.5) is 11.4 Å². The molecule has 29 heavy (non-hydrogen) atoms. The maximum Gasteiger partial charge on any atom is 0.258 e. The van der Waals surface area contributed by atoms with Crippen LogP contribution < -0.4 is 10.2 Å². The third kappa shape index (κ3) is 4.87. The minimum absolute atomic E-state index is 0.0378. The van der Waals surface area contributed by atoms with Crippen molar-refractivity contribution in [1.82, 2.24) is 0 Å². The first kappa shape index (κ1) is 19.7. The molecule has 1 saturated carbocycles. The predicted octanol–water partition coefficient (Wildman–Crippen LogP) is 5.58. The number of hydrogen-bond acceptors (Lipinski definition) is 2. The summed E-state index contributed by atoms with van der Waals surface area (Å²) in [5.74, 6) is 0.856. The molecular weight excluding hydrogens is 360 g/mol. The first-order valence-corrected chi connectivity index (χ1v) is 11.0. The highest BCUT2D eigenvalue weighted by Crippen LogP contribution is 2.31. The normalized spacial score (nSPS) is 16.9. The van der Waals surface area contributed by atoms with Gasteiger partial charge in [-0.25, -0.2) is 0 Å². The van der Waals surface area contributed by atoms with E-state index in [-0.39, 0.29) is 11.8 Å². The monoisotopic (exact) mass is 390 g/mol. The van der Waals surface area contributed by atoms with Gasteiger partial charge in [0.1, 0.15) is 0 Å². The van der Waals surface area contributed by atoms with Crippen LogP contribution >= 0.6 is 0 Å². The summed E-state index contributed by atoms with van der Waals surface area (Å²) in [6.45, 7) is 0.730. The molecule has 0 unspecified atom stereocenters. The summed E-state index contributed by atoms with van der Waals surface area (Å²) >= 11 is 0. The van der Waals surface area contributed by atoms with E-state index in [1.165, 1.54) is 32.1 Å². The summed E-state index contributed by atoms with van der Waals surface area (Å²) < 4.78 is 0. The fraction of sp³-hybridized carbons (Fsp3) is 0.440. The van der Waals surface area contributed by atoms with Gasteiger partial charge in [-0.15, -0.1) is 0 Å². The number of amides is 2. The molecule has 1 fully saturated rings. The lowest BCUT2D eigenvalue weighted by molar-refractivity contribution is -0.116. The Morgan fingerprint density at radius 1 is 0.966 bits per heavy atom. The average molecular weight is 391 g/mol. The average Bonchev–Trinajstić information content (AvgIpc) is 2.78. The van der Waals surface area contributed by atoms with Gasteiger partial charge in [0.25, 0.3) is 5.91 Å². The molecule has 0 atom stereocenters. The summed E-state index contributed by atoms with van der Waals surface area (Å²) in [7, 11) is 0. The van der Waals surface area contributed by atoms with Crippen molar-refractivity contribution in [3.05, 3.63) is 59.7 Å². The molecule has 2 aromatic rings. The maximum atomic E-state index is 12.9. The molecule has 4 nitrogen and oxygen atoms in total. The minimum Gasteiger partial charge on any atom is -0.326 e. The lowest BCUT2D eigenvalue weighted by Crippen LogP contribution is -2.35. The van der Waals surface area contributed by atoms with Crippen LogP contribution in [-0.4, -0.2) is 18.4 Å². The number of hydrogen-bond donors (Lipinski definition) is 1. The van der Waals surface area contributed by atoms with Crippen LogP contribution in [0.3, 0.4) is 0 Å². The molecule has 1 aliphatic carbocycles. The molecule has 1 heterocycles. The van der Waals surface area contributed by atoms with Crippen molar-refractivity contribution in [3.63, 3.8) is 0 Å². The number of carbonyl (C=O) groups is 2.